The van der Waals surface area contributed by atoms with Gasteiger partial charge in [-0.25, -0.2) is 4.98 Å². The number of thiazole rings is 1. The van der Waals surface area contributed by atoms with Crippen molar-refractivity contribution in [1.29, 1.82) is 0 Å². The van der Waals surface area contributed by atoms with Gasteiger partial charge in [0.1, 0.15) is 0 Å². The molecule has 2 heterocycles. The molecule has 0 atom stereocenters. The van der Waals surface area contributed by atoms with Crippen molar-refractivity contribution < 1.29 is 4.52 Å². The van der Waals surface area contributed by atoms with E-state index in [0.29, 0.717) is 24.6 Å². The van der Waals surface area contributed by atoms with E-state index in [9.17, 15) is 0 Å². The molecule has 3 aromatic rings. The van der Waals surface area contributed by atoms with E-state index >= 15 is 0 Å². The first-order chi connectivity index (χ1) is 9.70. The van der Waals surface area contributed by atoms with E-state index in [4.69, 9.17) is 10.3 Å². The van der Waals surface area contributed by atoms with Gasteiger partial charge >= 0.3 is 0 Å². The summed E-state index contributed by atoms with van der Waals surface area (Å²) in [5.74, 6) is 1.23. The van der Waals surface area contributed by atoms with Gasteiger partial charge in [0.2, 0.25) is 5.89 Å². The summed E-state index contributed by atoms with van der Waals surface area (Å²) >= 11 is 1.62. The normalized spacial score (nSPS) is 10.8. The lowest BCUT2D eigenvalue weighted by Gasteiger charge is -2.00. The van der Waals surface area contributed by atoms with Crippen molar-refractivity contribution in [2.24, 2.45) is 0 Å². The molecule has 0 fully saturated rings. The van der Waals surface area contributed by atoms with E-state index in [1.165, 1.54) is 0 Å². The number of hydrogen-bond donors (Lipinski definition) is 1. The molecule has 0 aliphatic carbocycles. The molecule has 6 heteroatoms. The molecular weight excluding hydrogens is 272 g/mol. The summed E-state index contributed by atoms with van der Waals surface area (Å²) in [4.78, 5) is 8.77. The number of rotatable bonds is 4. The van der Waals surface area contributed by atoms with Crippen LogP contribution in [0.4, 0.5) is 5.69 Å². The standard InChI is InChI=1S/C14H14N4OS/c1-9-16-11(8-20-9)7-13-17-14(19-18-13)6-10-4-2-3-5-12(10)15/h2-5,8H,6-7,15H2,1H3. The van der Waals surface area contributed by atoms with Crippen molar-refractivity contribution in [2.75, 3.05) is 5.73 Å². The first kappa shape index (κ1) is 12.8. The topological polar surface area (TPSA) is 77.8 Å². The van der Waals surface area contributed by atoms with Crippen LogP contribution in [-0.4, -0.2) is 15.1 Å². The third-order valence-corrected chi connectivity index (χ3v) is 3.74. The zero-order valence-corrected chi connectivity index (χ0v) is 11.9. The highest BCUT2D eigenvalue weighted by Gasteiger charge is 2.10. The van der Waals surface area contributed by atoms with Crippen LogP contribution in [0.2, 0.25) is 0 Å². The largest absolute Gasteiger partial charge is 0.398 e. The Balaban J connectivity index is 1.72. The number of anilines is 1. The first-order valence-corrected chi connectivity index (χ1v) is 7.14. The molecule has 0 aliphatic heterocycles. The average molecular weight is 286 g/mol. The Bertz CT molecular complexity index is 719. The van der Waals surface area contributed by atoms with Crippen LogP contribution in [-0.2, 0) is 12.8 Å². The van der Waals surface area contributed by atoms with Gasteiger partial charge in [0.05, 0.1) is 23.5 Å². The van der Waals surface area contributed by atoms with E-state index in [1.807, 2.05) is 36.6 Å². The zero-order valence-electron chi connectivity index (χ0n) is 11.0. The molecular formula is C14H14N4OS. The van der Waals surface area contributed by atoms with Gasteiger partial charge in [-0.05, 0) is 18.6 Å². The molecule has 0 bridgehead atoms. The van der Waals surface area contributed by atoms with E-state index in [1.54, 1.807) is 11.3 Å². The fraction of sp³-hybridized carbons (Fsp3) is 0.214. The van der Waals surface area contributed by atoms with Gasteiger partial charge in [-0.3, -0.25) is 0 Å². The molecule has 0 saturated heterocycles. The minimum atomic E-state index is 0.551. The molecule has 3 rings (SSSR count). The fourth-order valence-corrected chi connectivity index (χ4v) is 2.56. The summed E-state index contributed by atoms with van der Waals surface area (Å²) < 4.78 is 5.26. The number of nitrogen functional groups attached to an aromatic ring is 1. The number of hydrogen-bond acceptors (Lipinski definition) is 6. The Morgan fingerprint density at radius 1 is 1.20 bits per heavy atom. The van der Waals surface area contributed by atoms with Crippen molar-refractivity contribution in [3.63, 3.8) is 0 Å². The maximum absolute atomic E-state index is 5.90. The molecule has 2 N–H and O–H groups in total. The Kier molecular flexibility index (Phi) is 3.47. The number of nitrogens with zero attached hydrogens (tertiary/aromatic N) is 3. The molecule has 2 aromatic heterocycles. The van der Waals surface area contributed by atoms with Crippen LogP contribution in [0.25, 0.3) is 0 Å². The SMILES string of the molecule is Cc1nc(Cc2noc(Cc3ccccc3N)n2)cs1. The second kappa shape index (κ2) is 5.42. The molecule has 0 unspecified atom stereocenters. The maximum atomic E-state index is 5.90. The smallest absolute Gasteiger partial charge is 0.231 e. The second-order valence-corrected chi connectivity index (χ2v) is 5.58. The van der Waals surface area contributed by atoms with Crippen LogP contribution in [0.5, 0.6) is 0 Å². The minimum absolute atomic E-state index is 0.551. The molecule has 5 nitrogen and oxygen atoms in total. The van der Waals surface area contributed by atoms with Crippen molar-refractivity contribution in [2.45, 2.75) is 19.8 Å². The lowest BCUT2D eigenvalue weighted by molar-refractivity contribution is 0.380. The lowest BCUT2D eigenvalue weighted by Crippen LogP contribution is -1.96. The van der Waals surface area contributed by atoms with Crippen LogP contribution >= 0.6 is 11.3 Å². The summed E-state index contributed by atoms with van der Waals surface area (Å²) in [6, 6.07) is 7.68. The molecule has 0 radical (unpaired) electrons. The summed E-state index contributed by atoms with van der Waals surface area (Å²) in [7, 11) is 0. The third kappa shape index (κ3) is 2.85. The molecule has 102 valence electrons. The number of nitrogens with two attached hydrogens (primary N) is 1. The Labute approximate surface area is 120 Å². The Morgan fingerprint density at radius 2 is 2.05 bits per heavy atom. The van der Waals surface area contributed by atoms with Gasteiger partial charge in [-0.15, -0.1) is 11.3 Å². The van der Waals surface area contributed by atoms with E-state index in [2.05, 4.69) is 15.1 Å². The van der Waals surface area contributed by atoms with E-state index in [-0.39, 0.29) is 0 Å². The fourth-order valence-electron chi connectivity index (χ4n) is 1.94. The molecule has 1 aromatic carbocycles. The first-order valence-electron chi connectivity index (χ1n) is 6.26. The summed E-state index contributed by atoms with van der Waals surface area (Å²) in [5, 5.41) is 7.04. The molecule has 0 aliphatic rings. The van der Waals surface area contributed by atoms with Gasteiger partial charge in [0, 0.05) is 11.1 Å². The highest BCUT2D eigenvalue weighted by Crippen LogP contribution is 2.16. The molecule has 0 amide bonds. The number of aromatic nitrogens is 3. The lowest BCUT2D eigenvalue weighted by atomic mass is 10.1. The van der Waals surface area contributed by atoms with Crippen molar-refractivity contribution in [3.05, 3.63) is 57.6 Å². The van der Waals surface area contributed by atoms with E-state index in [0.717, 1.165) is 22.0 Å². The van der Waals surface area contributed by atoms with Gasteiger partial charge < -0.3 is 10.3 Å². The van der Waals surface area contributed by atoms with E-state index < -0.39 is 0 Å². The minimum Gasteiger partial charge on any atom is -0.398 e. The average Bonchev–Trinajstić information content (AvgIpc) is 3.02. The highest BCUT2D eigenvalue weighted by atomic mass is 32.1. The quantitative estimate of drug-likeness (QED) is 0.746. The van der Waals surface area contributed by atoms with Crippen LogP contribution < -0.4 is 5.73 Å². The van der Waals surface area contributed by atoms with Crippen molar-refractivity contribution >= 4 is 17.0 Å². The van der Waals surface area contributed by atoms with Gasteiger partial charge in [0.15, 0.2) is 5.82 Å². The summed E-state index contributed by atoms with van der Waals surface area (Å²) in [6.07, 6.45) is 1.15. The zero-order chi connectivity index (χ0) is 13.9. The van der Waals surface area contributed by atoms with Crippen LogP contribution in [0, 0.1) is 6.92 Å². The summed E-state index contributed by atoms with van der Waals surface area (Å²) in [5.41, 5.74) is 8.61. The number of benzene rings is 1. The van der Waals surface area contributed by atoms with Gasteiger partial charge in [0.25, 0.3) is 0 Å². The predicted octanol–water partition coefficient (Wildman–Crippen LogP) is 2.60. The van der Waals surface area contributed by atoms with Gasteiger partial charge in [-0.1, -0.05) is 23.4 Å². The molecule has 20 heavy (non-hydrogen) atoms. The van der Waals surface area contributed by atoms with Crippen molar-refractivity contribution in [1.82, 2.24) is 15.1 Å². The highest BCUT2D eigenvalue weighted by molar-refractivity contribution is 7.09. The molecule has 0 saturated carbocycles. The van der Waals surface area contributed by atoms with Crippen molar-refractivity contribution in [3.8, 4) is 0 Å². The summed E-state index contributed by atoms with van der Waals surface area (Å²) in [6.45, 7) is 1.98. The van der Waals surface area contributed by atoms with Crippen LogP contribution in [0.3, 0.4) is 0 Å². The monoisotopic (exact) mass is 286 g/mol. The maximum Gasteiger partial charge on any atom is 0.231 e. The Hall–Kier alpha value is -2.21. The number of para-hydroxylation sites is 1. The van der Waals surface area contributed by atoms with Gasteiger partial charge in [-0.2, -0.15) is 4.98 Å². The number of aryl methyl sites for hydroxylation is 1. The third-order valence-electron chi connectivity index (χ3n) is 2.91. The second-order valence-electron chi connectivity index (χ2n) is 4.51. The van der Waals surface area contributed by atoms with Crippen LogP contribution in [0.15, 0.2) is 34.2 Å². The predicted molar refractivity (Wildman–Crippen MR) is 77.6 cm³/mol. The molecule has 0 spiro atoms. The Morgan fingerprint density at radius 3 is 2.80 bits per heavy atom. The van der Waals surface area contributed by atoms with Crippen LogP contribution in [0.1, 0.15) is 28.0 Å².